The highest BCUT2D eigenvalue weighted by Crippen LogP contribution is 2.49. The smallest absolute Gasteiger partial charge is 0.171 e. The molecule has 0 N–H and O–H groups in total. The highest BCUT2D eigenvalue weighted by molar-refractivity contribution is 7.85. The molecule has 27 aromatic rings. The van der Waals surface area contributed by atoms with Crippen LogP contribution in [-0.4, -0.2) is 38.6 Å². The zero-order valence-electron chi connectivity index (χ0n) is 77.1. The Morgan fingerprint density at radius 1 is 0.199 bits per heavy atom. The number of nitrogens with zero attached hydrogens (tertiary/aromatic N) is 8. The lowest BCUT2D eigenvalue weighted by atomic mass is 9.85. The van der Waals surface area contributed by atoms with Gasteiger partial charge in [-0.15, -0.1) is 0 Å². The van der Waals surface area contributed by atoms with Crippen molar-refractivity contribution in [1.82, 2.24) is 38.6 Å². The van der Waals surface area contributed by atoms with Gasteiger partial charge in [-0.1, -0.05) is 450 Å². The molecule has 0 saturated heterocycles. The number of pyridine rings is 1. The molecular weight excluding hydrogens is 1730 g/mol. The molecule has 0 spiro atoms. The summed E-state index contributed by atoms with van der Waals surface area (Å²) in [6.07, 6.45) is 0.875. The average Bonchev–Trinajstić information content (AvgIpc) is 1.57. The maximum atomic E-state index is 15.0. The van der Waals surface area contributed by atoms with E-state index in [-0.39, 0.29) is 0 Å². The number of hydrogen-bond donors (Lipinski definition) is 0. The molecule has 0 unspecified atom stereocenters. The second kappa shape index (κ2) is 36.2. The van der Waals surface area contributed by atoms with E-state index in [1.54, 1.807) is 0 Å². The van der Waals surface area contributed by atoms with E-state index in [4.69, 9.17) is 24.9 Å². The zero-order valence-corrected chi connectivity index (χ0v) is 78.0. The third-order valence-corrected chi connectivity index (χ3v) is 30.7. The molecule has 0 atom stereocenters. The maximum Gasteiger partial charge on any atom is 0.171 e. The number of para-hydroxylation sites is 6. The SMILES string of the molecule is CCc1nc2ccccc2n1-c1ccc(-c2c3ccccc3c(-c3ccc(-c4ccccc4)cc3)c3ccccc23)cc1.O=P(c1ccccc1)(c1ccccc1)c1ccc(-c2c3ccc4ccccc4c3nc3c2ccc2ccccc23)cc1.c1ccc(-c2ccc(-c3nc(-c4ccccc4)nc(-c4cc(-n5c6ccccc6c6ccccc65)cc(-n5c6ccccc6c6ccccc65)c4)n3)cc2)cc1. The number of aryl methyl sites for hydroxylation is 1. The molecule has 10 heteroatoms. The average molecular weight is 1820 g/mol. The predicted octanol–water partition coefficient (Wildman–Crippen LogP) is 32.6. The molecular formula is C131H89N8OP. The van der Waals surface area contributed by atoms with Gasteiger partial charge in [-0.2, -0.15) is 0 Å². The largest absolute Gasteiger partial charge is 0.309 e. The molecule has 22 aromatic carbocycles. The van der Waals surface area contributed by atoms with Crippen molar-refractivity contribution < 1.29 is 4.57 Å². The molecule has 9 nitrogen and oxygen atoms in total. The van der Waals surface area contributed by atoms with Gasteiger partial charge >= 0.3 is 0 Å². The van der Waals surface area contributed by atoms with Crippen LogP contribution < -0.4 is 15.9 Å². The predicted molar refractivity (Wildman–Crippen MR) is 591 cm³/mol. The van der Waals surface area contributed by atoms with Crippen molar-refractivity contribution in [3.63, 3.8) is 0 Å². The number of fused-ring (bicyclic) bond motifs is 15. The molecule has 27 rings (SSSR count). The lowest BCUT2D eigenvalue weighted by molar-refractivity contribution is 0.592. The topological polar surface area (TPSA) is 96.3 Å². The van der Waals surface area contributed by atoms with Crippen LogP contribution in [0.5, 0.6) is 0 Å². The first-order valence-corrected chi connectivity index (χ1v) is 49.7. The van der Waals surface area contributed by atoms with E-state index < -0.39 is 7.14 Å². The van der Waals surface area contributed by atoms with Gasteiger partial charge in [0.1, 0.15) is 5.82 Å². The maximum absolute atomic E-state index is 15.0. The van der Waals surface area contributed by atoms with Gasteiger partial charge in [-0.05, 0) is 149 Å². The number of hydrogen-bond acceptors (Lipinski definition) is 6. The van der Waals surface area contributed by atoms with Gasteiger partial charge < -0.3 is 13.7 Å². The van der Waals surface area contributed by atoms with Crippen molar-refractivity contribution >= 4 is 143 Å². The van der Waals surface area contributed by atoms with Crippen LogP contribution in [0.15, 0.2) is 510 Å². The molecule has 5 aromatic heterocycles. The Labute approximate surface area is 815 Å². The molecule has 0 amide bonds. The fraction of sp³-hybridized carbons (Fsp3) is 0.0153. The standard InChI is InChI=1S/C51H33N5.C41H30N2.C39H26NOP/c1-3-15-34(16-4-1)35-27-29-37(30-28-35)50-52-49(36-17-5-2-6-18-36)53-51(54-50)38-31-39(55-45-23-11-7-19-41(45)42-20-8-12-24-46(42)55)33-40(32-38)56-47-25-13-9-21-43(47)44-22-10-14-26-48(44)56;1-2-39-42-37-18-10-11-19-38(37)43(39)32-26-24-31(25-27-32)41-35-16-8-6-14-33(35)40(34-15-7-9-17-36(34)41)30-22-20-29(21-23-30)28-12-4-3-5-13-28;41-42(30-13-3-1-4-14-30,31-15-5-2-6-16-31)32-23-19-29(20-24-32)37-35-25-21-27-11-7-9-17-33(27)38(35)40-39-34-18-10-8-12-28(34)22-26-36(37)39/h1-33H;3-27H,2H2,1H3;1-26H. The molecule has 141 heavy (non-hydrogen) atoms. The van der Waals surface area contributed by atoms with E-state index in [2.05, 4.69) is 445 Å². The number of aromatic nitrogens is 8. The Kier molecular flexibility index (Phi) is 21.7. The number of rotatable bonds is 15. The van der Waals surface area contributed by atoms with Crippen molar-refractivity contribution in [2.24, 2.45) is 0 Å². The van der Waals surface area contributed by atoms with Crippen LogP contribution in [0.3, 0.4) is 0 Å². The van der Waals surface area contributed by atoms with Crippen LogP contribution in [0.4, 0.5) is 0 Å². The fourth-order valence-corrected chi connectivity index (χ4v) is 23.7. The number of benzene rings is 22. The highest BCUT2D eigenvalue weighted by atomic mass is 31.2. The van der Waals surface area contributed by atoms with E-state index in [1.165, 1.54) is 92.8 Å². The Morgan fingerprint density at radius 2 is 0.489 bits per heavy atom. The first-order chi connectivity index (χ1) is 69.8. The summed E-state index contributed by atoms with van der Waals surface area (Å²) in [7, 11) is -3.06. The molecule has 664 valence electrons. The van der Waals surface area contributed by atoms with E-state index >= 15 is 0 Å². The Balaban J connectivity index is 0.000000113. The van der Waals surface area contributed by atoms with Crippen LogP contribution >= 0.6 is 7.14 Å². The van der Waals surface area contributed by atoms with Gasteiger partial charge in [0.05, 0.1) is 44.1 Å². The minimum atomic E-state index is -3.06. The quantitative estimate of drug-likeness (QED) is 0.0576. The Bertz CT molecular complexity index is 9090. The van der Waals surface area contributed by atoms with E-state index in [9.17, 15) is 4.57 Å². The summed E-state index contributed by atoms with van der Waals surface area (Å²) in [6, 6.07) is 179. The third-order valence-electron chi connectivity index (χ3n) is 27.7. The van der Waals surface area contributed by atoms with Crippen molar-refractivity contribution in [2.45, 2.75) is 13.3 Å². The molecule has 0 aliphatic rings. The van der Waals surface area contributed by atoms with Gasteiger partial charge in [0.25, 0.3) is 0 Å². The normalized spacial score (nSPS) is 11.6. The van der Waals surface area contributed by atoms with E-state index in [0.29, 0.717) is 17.5 Å². The first kappa shape index (κ1) is 84.6. The van der Waals surface area contributed by atoms with Crippen molar-refractivity contribution in [1.29, 1.82) is 0 Å². The Hall–Kier alpha value is -18.1. The summed E-state index contributed by atoms with van der Waals surface area (Å²) in [5, 5.41) is 19.2. The molecule has 5 heterocycles. The fourth-order valence-electron chi connectivity index (χ4n) is 21.0. The van der Waals surface area contributed by atoms with Crippen molar-refractivity contribution in [3.8, 4) is 107 Å². The minimum absolute atomic E-state index is 0.602. The zero-order chi connectivity index (χ0) is 93.9. The second-order valence-electron chi connectivity index (χ2n) is 35.8. The molecule has 0 aliphatic carbocycles. The summed E-state index contributed by atoms with van der Waals surface area (Å²) < 4.78 is 22.0. The summed E-state index contributed by atoms with van der Waals surface area (Å²) in [6.45, 7) is 2.17. The van der Waals surface area contributed by atoms with Gasteiger partial charge in [0.15, 0.2) is 24.6 Å². The van der Waals surface area contributed by atoms with E-state index in [1.807, 2.05) is 84.9 Å². The molecule has 0 aliphatic heterocycles. The lowest BCUT2D eigenvalue weighted by Gasteiger charge is -2.20. The van der Waals surface area contributed by atoms with Crippen LogP contribution in [0.1, 0.15) is 12.7 Å². The molecule has 0 bridgehead atoms. The summed E-state index contributed by atoms with van der Waals surface area (Å²) in [4.78, 5) is 25.8. The van der Waals surface area contributed by atoms with Crippen LogP contribution in [0.2, 0.25) is 0 Å². The van der Waals surface area contributed by atoms with Crippen LogP contribution in [0, 0.1) is 0 Å². The number of imidazole rings is 1. The minimum Gasteiger partial charge on any atom is -0.309 e. The lowest BCUT2D eigenvalue weighted by Crippen LogP contribution is -2.24. The van der Waals surface area contributed by atoms with Gasteiger partial charge in [0.2, 0.25) is 0 Å². The molecule has 0 radical (unpaired) electrons. The molecule has 0 fully saturated rings. The summed E-state index contributed by atoms with van der Waals surface area (Å²) in [5.41, 5.74) is 26.6. The second-order valence-corrected chi connectivity index (χ2v) is 38.6. The van der Waals surface area contributed by atoms with Crippen LogP contribution in [-0.2, 0) is 11.0 Å². The Morgan fingerprint density at radius 3 is 0.901 bits per heavy atom. The summed E-state index contributed by atoms with van der Waals surface area (Å²) >= 11 is 0. The van der Waals surface area contributed by atoms with Crippen molar-refractivity contribution in [2.75, 3.05) is 0 Å². The highest BCUT2D eigenvalue weighted by Gasteiger charge is 2.31. The van der Waals surface area contributed by atoms with Gasteiger partial charge in [-0.3, -0.25) is 4.57 Å². The van der Waals surface area contributed by atoms with Crippen LogP contribution in [0.25, 0.3) is 226 Å². The van der Waals surface area contributed by atoms with Gasteiger partial charge in [-0.25, -0.2) is 24.9 Å². The first-order valence-electron chi connectivity index (χ1n) is 48.0. The summed E-state index contributed by atoms with van der Waals surface area (Å²) in [5.74, 6) is 2.92. The molecule has 0 saturated carbocycles. The third kappa shape index (κ3) is 15.2. The van der Waals surface area contributed by atoms with Crippen molar-refractivity contribution in [3.05, 3.63) is 515 Å². The van der Waals surface area contributed by atoms with Gasteiger partial charge in [0, 0.05) is 105 Å². The monoisotopic (exact) mass is 1820 g/mol. The van der Waals surface area contributed by atoms with E-state index in [0.717, 1.165) is 144 Å².